The van der Waals surface area contributed by atoms with Crippen LogP contribution in [0.4, 0.5) is 13.6 Å². The first kappa shape index (κ1) is 13.5. The number of ether oxygens (including phenoxy) is 1. The van der Waals surface area contributed by atoms with E-state index in [4.69, 9.17) is 10.5 Å². The maximum absolute atomic E-state index is 13.8. The fraction of sp³-hybridized carbons (Fsp3) is 0.188. The van der Waals surface area contributed by atoms with E-state index in [9.17, 15) is 13.6 Å². The number of halogens is 2. The summed E-state index contributed by atoms with van der Waals surface area (Å²) in [5, 5.41) is 0. The number of carbonyl (C=O) groups excluding carboxylic acids is 1. The number of fused-ring (bicyclic) bond motifs is 1. The van der Waals surface area contributed by atoms with Crippen LogP contribution in [0.15, 0.2) is 36.4 Å². The summed E-state index contributed by atoms with van der Waals surface area (Å²) in [6, 6.07) is 9.36. The monoisotopic (exact) mass is 289 g/mol. The molecule has 1 unspecified atom stereocenters. The fourth-order valence-corrected chi connectivity index (χ4v) is 2.74. The lowest BCUT2D eigenvalue weighted by atomic mass is 9.99. The van der Waals surface area contributed by atoms with E-state index in [2.05, 4.69) is 0 Å². The van der Waals surface area contributed by atoms with Crippen LogP contribution >= 0.6 is 0 Å². The Morgan fingerprint density at radius 2 is 2.05 bits per heavy atom. The Bertz CT molecular complexity index is 715. The van der Waals surface area contributed by atoms with Crippen molar-refractivity contribution in [2.24, 2.45) is 5.73 Å². The Kier molecular flexibility index (Phi) is 3.33. The van der Waals surface area contributed by atoms with E-state index in [1.165, 1.54) is 12.1 Å². The number of carbonyl (C=O) groups is 1. The Balaban J connectivity index is 1.98. The molecule has 3 rings (SSSR count). The number of nitrogens with two attached hydrogens (primary N) is 1. The smallest absolute Gasteiger partial charge is 0.405 e. The molecule has 108 valence electrons. The molecule has 0 aromatic heterocycles. The number of hydrogen-bond donors (Lipinski definition) is 1. The highest BCUT2D eigenvalue weighted by Crippen LogP contribution is 2.37. The van der Waals surface area contributed by atoms with Crippen molar-refractivity contribution in [2.75, 3.05) is 0 Å². The topological polar surface area (TPSA) is 52.3 Å². The van der Waals surface area contributed by atoms with E-state index < -0.39 is 17.7 Å². The predicted molar refractivity (Wildman–Crippen MR) is 73.5 cm³/mol. The molecule has 0 bridgehead atoms. The number of hydrogen-bond acceptors (Lipinski definition) is 2. The molecule has 0 spiro atoms. The summed E-state index contributed by atoms with van der Waals surface area (Å²) in [7, 11) is 0. The van der Waals surface area contributed by atoms with E-state index >= 15 is 0 Å². The minimum atomic E-state index is -0.872. The largest absolute Gasteiger partial charge is 0.441 e. The van der Waals surface area contributed by atoms with Gasteiger partial charge in [0.05, 0.1) is 0 Å². The molecule has 0 radical (unpaired) electrons. The van der Waals surface area contributed by atoms with Gasteiger partial charge in [-0.05, 0) is 35.6 Å². The number of aryl methyl sites for hydroxylation is 1. The Morgan fingerprint density at radius 1 is 1.24 bits per heavy atom. The molecule has 1 amide bonds. The van der Waals surface area contributed by atoms with Gasteiger partial charge in [0.25, 0.3) is 0 Å². The van der Waals surface area contributed by atoms with Crippen LogP contribution in [0.25, 0.3) is 11.1 Å². The molecular formula is C16H13F2NO2. The molecule has 2 aromatic rings. The number of benzene rings is 2. The van der Waals surface area contributed by atoms with Crippen LogP contribution in [-0.4, -0.2) is 6.09 Å². The van der Waals surface area contributed by atoms with Gasteiger partial charge in [-0.25, -0.2) is 13.6 Å². The normalized spacial score (nSPS) is 16.6. The summed E-state index contributed by atoms with van der Waals surface area (Å²) >= 11 is 0. The van der Waals surface area contributed by atoms with Crippen LogP contribution in [0.3, 0.4) is 0 Å². The van der Waals surface area contributed by atoms with Crippen molar-refractivity contribution in [3.63, 3.8) is 0 Å². The second-order valence-electron chi connectivity index (χ2n) is 4.98. The maximum Gasteiger partial charge on any atom is 0.405 e. The van der Waals surface area contributed by atoms with Crippen LogP contribution in [-0.2, 0) is 11.2 Å². The van der Waals surface area contributed by atoms with E-state index in [1.807, 2.05) is 0 Å². The van der Waals surface area contributed by atoms with Gasteiger partial charge in [0.15, 0.2) is 11.6 Å². The van der Waals surface area contributed by atoms with Gasteiger partial charge in [-0.2, -0.15) is 0 Å². The standard InChI is InChI=1S/C16H13F2NO2/c17-13-3-1-2-12(15(13)18)10-4-6-11-9(8-10)5-7-14(11)21-16(19)20/h1-4,6,8,14H,5,7H2,(H2,19,20). The third kappa shape index (κ3) is 2.46. The van der Waals surface area contributed by atoms with Crippen molar-refractivity contribution in [3.05, 3.63) is 59.2 Å². The van der Waals surface area contributed by atoms with Gasteiger partial charge in [-0.15, -0.1) is 0 Å². The molecule has 21 heavy (non-hydrogen) atoms. The number of rotatable bonds is 2. The summed E-state index contributed by atoms with van der Waals surface area (Å²) in [5.74, 6) is -1.73. The van der Waals surface area contributed by atoms with Gasteiger partial charge in [0.2, 0.25) is 0 Å². The summed E-state index contributed by atoms with van der Waals surface area (Å²) in [6.07, 6.45) is 0.183. The second-order valence-corrected chi connectivity index (χ2v) is 4.98. The first-order valence-corrected chi connectivity index (χ1v) is 6.59. The second kappa shape index (κ2) is 5.16. The average molecular weight is 289 g/mol. The molecule has 1 atom stereocenters. The predicted octanol–water partition coefficient (Wildman–Crippen LogP) is 3.71. The zero-order valence-electron chi connectivity index (χ0n) is 11.1. The summed E-state index contributed by atoms with van der Waals surface area (Å²) in [5.41, 5.74) is 7.69. The highest BCUT2D eigenvalue weighted by Gasteiger charge is 2.25. The van der Waals surface area contributed by atoms with Crippen molar-refractivity contribution < 1.29 is 18.3 Å². The number of primary amides is 1. The lowest BCUT2D eigenvalue weighted by Crippen LogP contribution is -2.15. The maximum atomic E-state index is 13.8. The minimum absolute atomic E-state index is 0.220. The third-order valence-electron chi connectivity index (χ3n) is 3.69. The molecule has 5 heteroatoms. The molecule has 1 aliphatic carbocycles. The van der Waals surface area contributed by atoms with Gasteiger partial charge in [-0.3, -0.25) is 0 Å². The van der Waals surface area contributed by atoms with Crippen molar-refractivity contribution in [3.8, 4) is 11.1 Å². The minimum Gasteiger partial charge on any atom is -0.441 e. The van der Waals surface area contributed by atoms with Crippen molar-refractivity contribution >= 4 is 6.09 Å². The molecule has 1 aliphatic rings. The Morgan fingerprint density at radius 3 is 2.81 bits per heavy atom. The Labute approximate surface area is 120 Å². The summed E-state index contributed by atoms with van der Waals surface area (Å²) in [4.78, 5) is 10.8. The van der Waals surface area contributed by atoms with Gasteiger partial charge < -0.3 is 10.5 Å². The van der Waals surface area contributed by atoms with Gasteiger partial charge in [0, 0.05) is 5.56 Å². The van der Waals surface area contributed by atoms with Crippen LogP contribution in [0.5, 0.6) is 0 Å². The molecule has 3 nitrogen and oxygen atoms in total. The first-order chi connectivity index (χ1) is 10.1. The average Bonchev–Trinajstić information content (AvgIpc) is 2.83. The van der Waals surface area contributed by atoms with Crippen molar-refractivity contribution in [1.82, 2.24) is 0 Å². The van der Waals surface area contributed by atoms with Crippen molar-refractivity contribution in [1.29, 1.82) is 0 Å². The highest BCUT2D eigenvalue weighted by molar-refractivity contribution is 5.67. The molecule has 2 aromatic carbocycles. The molecular weight excluding hydrogens is 276 g/mol. The van der Waals surface area contributed by atoms with Crippen LogP contribution in [0.1, 0.15) is 23.7 Å². The third-order valence-corrected chi connectivity index (χ3v) is 3.69. The summed E-state index contributed by atoms with van der Waals surface area (Å²) < 4.78 is 32.2. The lowest BCUT2D eigenvalue weighted by molar-refractivity contribution is 0.107. The van der Waals surface area contributed by atoms with E-state index in [-0.39, 0.29) is 11.7 Å². The lowest BCUT2D eigenvalue weighted by Gasteiger charge is -2.12. The first-order valence-electron chi connectivity index (χ1n) is 6.59. The summed E-state index contributed by atoms with van der Waals surface area (Å²) in [6.45, 7) is 0. The molecule has 0 fully saturated rings. The van der Waals surface area contributed by atoms with Gasteiger partial charge >= 0.3 is 6.09 Å². The van der Waals surface area contributed by atoms with E-state index in [1.54, 1.807) is 18.2 Å². The van der Waals surface area contributed by atoms with E-state index in [0.29, 0.717) is 18.4 Å². The zero-order chi connectivity index (χ0) is 15.0. The van der Waals surface area contributed by atoms with Crippen LogP contribution in [0, 0.1) is 11.6 Å². The zero-order valence-corrected chi connectivity index (χ0v) is 11.1. The quantitative estimate of drug-likeness (QED) is 0.916. The molecule has 0 aliphatic heterocycles. The fourth-order valence-electron chi connectivity index (χ4n) is 2.74. The van der Waals surface area contributed by atoms with Crippen LogP contribution in [0.2, 0.25) is 0 Å². The molecule has 0 saturated heterocycles. The molecule has 0 heterocycles. The Hall–Kier alpha value is -2.43. The molecule has 0 saturated carbocycles. The van der Waals surface area contributed by atoms with E-state index in [0.717, 1.165) is 17.2 Å². The van der Waals surface area contributed by atoms with Gasteiger partial charge in [0.1, 0.15) is 6.10 Å². The highest BCUT2D eigenvalue weighted by atomic mass is 19.2. The molecule has 2 N–H and O–H groups in total. The van der Waals surface area contributed by atoms with Crippen molar-refractivity contribution in [2.45, 2.75) is 18.9 Å². The van der Waals surface area contributed by atoms with Gasteiger partial charge in [-0.1, -0.05) is 30.3 Å². The SMILES string of the molecule is NC(=O)OC1CCc2cc(-c3cccc(F)c3F)ccc21. The van der Waals surface area contributed by atoms with Crippen LogP contribution < -0.4 is 5.73 Å². The number of amides is 1.